The van der Waals surface area contributed by atoms with E-state index in [0.29, 0.717) is 16.5 Å². The Balaban J connectivity index is 1.64. The molecule has 134 valence electrons. The third kappa shape index (κ3) is 3.89. The molecule has 0 fully saturated rings. The summed E-state index contributed by atoms with van der Waals surface area (Å²) in [7, 11) is 3.14. The Morgan fingerprint density at radius 1 is 1.27 bits per heavy atom. The fourth-order valence-electron chi connectivity index (χ4n) is 2.32. The lowest BCUT2D eigenvalue weighted by atomic mass is 10.2. The van der Waals surface area contributed by atoms with Crippen molar-refractivity contribution in [3.05, 3.63) is 46.7 Å². The third-order valence-electron chi connectivity index (χ3n) is 3.56. The Morgan fingerprint density at radius 2 is 2.08 bits per heavy atom. The van der Waals surface area contributed by atoms with E-state index in [-0.39, 0.29) is 24.3 Å². The van der Waals surface area contributed by atoms with Gasteiger partial charge in [-0.2, -0.15) is 4.98 Å². The zero-order chi connectivity index (χ0) is 18.5. The average Bonchev–Trinajstić information content (AvgIpc) is 3.32. The highest BCUT2D eigenvalue weighted by Crippen LogP contribution is 2.27. The Labute approximate surface area is 153 Å². The Morgan fingerprint density at radius 3 is 2.81 bits per heavy atom. The molecule has 9 heteroatoms. The molecular formula is C17H17N5O3S. The number of carbonyl (C=O) groups is 2. The number of likely N-dealkylation sites (N-methyl/N-ethyl adjacent to an activating group) is 1. The van der Waals surface area contributed by atoms with Crippen LogP contribution in [-0.2, 0) is 4.79 Å². The van der Waals surface area contributed by atoms with E-state index in [9.17, 15) is 9.59 Å². The molecule has 0 aliphatic carbocycles. The monoisotopic (exact) mass is 371 g/mol. The number of aromatic amines is 1. The number of nitrogens with one attached hydrogen (secondary N) is 2. The molecule has 0 atom stereocenters. The van der Waals surface area contributed by atoms with Crippen LogP contribution in [0.1, 0.15) is 9.67 Å². The second kappa shape index (κ2) is 7.79. The molecule has 0 spiro atoms. The van der Waals surface area contributed by atoms with Crippen LogP contribution in [0, 0.1) is 0 Å². The van der Waals surface area contributed by atoms with E-state index in [0.717, 1.165) is 5.56 Å². The number of rotatable bonds is 6. The van der Waals surface area contributed by atoms with Gasteiger partial charge in [-0.05, 0) is 23.6 Å². The molecule has 2 amide bonds. The maximum atomic E-state index is 12.2. The second-order valence-electron chi connectivity index (χ2n) is 5.39. The van der Waals surface area contributed by atoms with Gasteiger partial charge in [0, 0.05) is 7.05 Å². The van der Waals surface area contributed by atoms with Crippen molar-refractivity contribution in [3.63, 3.8) is 0 Å². The molecule has 3 rings (SSSR count). The SMILES string of the molecule is COc1ccccc1-c1nc(NC(=O)CN(C)C(=O)c2cccs2)n[nH]1. The minimum absolute atomic E-state index is 0.102. The largest absolute Gasteiger partial charge is 0.496 e. The number of methoxy groups -OCH3 is 1. The van der Waals surface area contributed by atoms with Crippen LogP contribution in [0.25, 0.3) is 11.4 Å². The number of H-pyrrole nitrogens is 1. The van der Waals surface area contributed by atoms with E-state index in [2.05, 4.69) is 20.5 Å². The molecule has 26 heavy (non-hydrogen) atoms. The summed E-state index contributed by atoms with van der Waals surface area (Å²) in [4.78, 5) is 30.5. The highest BCUT2D eigenvalue weighted by molar-refractivity contribution is 7.12. The van der Waals surface area contributed by atoms with Gasteiger partial charge in [-0.3, -0.25) is 20.0 Å². The van der Waals surface area contributed by atoms with Crippen molar-refractivity contribution in [2.75, 3.05) is 26.0 Å². The quantitative estimate of drug-likeness (QED) is 0.692. The van der Waals surface area contributed by atoms with Crippen molar-refractivity contribution >= 4 is 29.1 Å². The topological polar surface area (TPSA) is 100 Å². The van der Waals surface area contributed by atoms with Crippen molar-refractivity contribution in [2.45, 2.75) is 0 Å². The van der Waals surface area contributed by atoms with Gasteiger partial charge in [-0.1, -0.05) is 18.2 Å². The number of benzene rings is 1. The maximum absolute atomic E-state index is 12.2. The van der Waals surface area contributed by atoms with Gasteiger partial charge in [-0.15, -0.1) is 16.4 Å². The maximum Gasteiger partial charge on any atom is 0.264 e. The first-order valence-corrected chi connectivity index (χ1v) is 8.61. The van der Waals surface area contributed by atoms with Gasteiger partial charge in [0.05, 0.1) is 24.1 Å². The predicted octanol–water partition coefficient (Wildman–Crippen LogP) is 2.25. The van der Waals surface area contributed by atoms with Crippen LogP contribution < -0.4 is 10.1 Å². The van der Waals surface area contributed by atoms with Crippen molar-refractivity contribution in [2.24, 2.45) is 0 Å². The number of anilines is 1. The fourth-order valence-corrected chi connectivity index (χ4v) is 3.04. The lowest BCUT2D eigenvalue weighted by Crippen LogP contribution is -2.34. The standard InChI is InChI=1S/C17H17N5O3S/c1-22(16(24)13-8-5-9-26-13)10-14(23)18-17-19-15(20-21-17)11-6-3-4-7-12(11)25-2/h3-9H,10H2,1-2H3,(H2,18,19,20,21,23). The van der Waals surface area contributed by atoms with E-state index in [1.54, 1.807) is 32.4 Å². The Bertz CT molecular complexity index is 907. The first kappa shape index (κ1) is 17.6. The van der Waals surface area contributed by atoms with Crippen LogP contribution in [0.15, 0.2) is 41.8 Å². The lowest BCUT2D eigenvalue weighted by molar-refractivity contribution is -0.116. The predicted molar refractivity (Wildman–Crippen MR) is 98.3 cm³/mol. The van der Waals surface area contributed by atoms with Crippen molar-refractivity contribution in [1.82, 2.24) is 20.1 Å². The summed E-state index contributed by atoms with van der Waals surface area (Å²) >= 11 is 1.33. The summed E-state index contributed by atoms with van der Waals surface area (Å²) < 4.78 is 5.29. The number of hydrogen-bond acceptors (Lipinski definition) is 6. The van der Waals surface area contributed by atoms with Crippen LogP contribution in [-0.4, -0.2) is 52.6 Å². The van der Waals surface area contributed by atoms with Crippen LogP contribution in [0.3, 0.4) is 0 Å². The van der Waals surface area contributed by atoms with Gasteiger partial charge in [-0.25, -0.2) is 0 Å². The van der Waals surface area contributed by atoms with Crippen molar-refractivity contribution < 1.29 is 14.3 Å². The van der Waals surface area contributed by atoms with E-state index in [4.69, 9.17) is 4.74 Å². The molecule has 3 aromatic rings. The summed E-state index contributed by atoms with van der Waals surface area (Å²) in [6.45, 7) is -0.102. The number of nitrogens with zero attached hydrogens (tertiary/aromatic N) is 3. The minimum atomic E-state index is -0.386. The van der Waals surface area contributed by atoms with Gasteiger partial charge >= 0.3 is 0 Å². The van der Waals surface area contributed by atoms with Crippen LogP contribution in [0.2, 0.25) is 0 Å². The first-order valence-electron chi connectivity index (χ1n) is 7.73. The number of carbonyl (C=O) groups excluding carboxylic acids is 2. The molecule has 2 aromatic heterocycles. The number of para-hydroxylation sites is 1. The molecule has 0 radical (unpaired) electrons. The molecule has 0 saturated carbocycles. The summed E-state index contributed by atoms with van der Waals surface area (Å²) in [6.07, 6.45) is 0. The minimum Gasteiger partial charge on any atom is -0.496 e. The molecule has 0 saturated heterocycles. The number of thiophene rings is 1. The lowest BCUT2D eigenvalue weighted by Gasteiger charge is -2.14. The van der Waals surface area contributed by atoms with Crippen molar-refractivity contribution in [3.8, 4) is 17.1 Å². The smallest absolute Gasteiger partial charge is 0.264 e. The normalized spacial score (nSPS) is 10.4. The average molecular weight is 371 g/mol. The van der Waals surface area contributed by atoms with Crippen LogP contribution >= 0.6 is 11.3 Å². The molecular weight excluding hydrogens is 354 g/mol. The zero-order valence-electron chi connectivity index (χ0n) is 14.2. The zero-order valence-corrected chi connectivity index (χ0v) is 15.0. The molecule has 2 N–H and O–H groups in total. The highest BCUT2D eigenvalue weighted by Gasteiger charge is 2.17. The number of amides is 2. The number of ether oxygens (including phenoxy) is 1. The highest BCUT2D eigenvalue weighted by atomic mass is 32.1. The van der Waals surface area contributed by atoms with Gasteiger partial charge in [0.1, 0.15) is 5.75 Å². The molecule has 2 heterocycles. The van der Waals surface area contributed by atoms with E-state index < -0.39 is 0 Å². The van der Waals surface area contributed by atoms with Crippen molar-refractivity contribution in [1.29, 1.82) is 0 Å². The molecule has 0 bridgehead atoms. The van der Waals surface area contributed by atoms with Crippen LogP contribution in [0.5, 0.6) is 5.75 Å². The van der Waals surface area contributed by atoms with E-state index >= 15 is 0 Å². The van der Waals surface area contributed by atoms with Gasteiger partial charge in [0.25, 0.3) is 5.91 Å². The fraction of sp³-hybridized carbons (Fsp3) is 0.176. The Kier molecular flexibility index (Phi) is 5.28. The molecule has 0 aliphatic rings. The first-order chi connectivity index (χ1) is 12.6. The molecule has 0 aliphatic heterocycles. The number of hydrogen-bond donors (Lipinski definition) is 2. The summed E-state index contributed by atoms with van der Waals surface area (Å²) in [5, 5.41) is 11.1. The van der Waals surface area contributed by atoms with Gasteiger partial charge < -0.3 is 9.64 Å². The van der Waals surface area contributed by atoms with E-state index in [1.807, 2.05) is 23.6 Å². The van der Waals surface area contributed by atoms with Crippen LogP contribution in [0.4, 0.5) is 5.95 Å². The summed E-state index contributed by atoms with van der Waals surface area (Å²) in [5.41, 5.74) is 0.730. The molecule has 0 unspecified atom stereocenters. The Hall–Kier alpha value is -3.20. The van der Waals surface area contributed by atoms with Gasteiger partial charge in [0.15, 0.2) is 5.82 Å². The summed E-state index contributed by atoms with van der Waals surface area (Å²) in [6, 6.07) is 10.8. The molecule has 1 aromatic carbocycles. The summed E-state index contributed by atoms with van der Waals surface area (Å²) in [5.74, 6) is 0.652. The van der Waals surface area contributed by atoms with E-state index in [1.165, 1.54) is 16.2 Å². The molecule has 8 nitrogen and oxygen atoms in total. The second-order valence-corrected chi connectivity index (χ2v) is 6.34. The van der Waals surface area contributed by atoms with Gasteiger partial charge in [0.2, 0.25) is 11.9 Å². The number of aromatic nitrogens is 3. The third-order valence-corrected chi connectivity index (χ3v) is 4.42.